The Hall–Kier alpha value is -2.64. The Morgan fingerprint density at radius 3 is 2.59 bits per heavy atom. The van der Waals surface area contributed by atoms with Gasteiger partial charge in [-0.15, -0.1) is 0 Å². The summed E-state index contributed by atoms with van der Waals surface area (Å²) >= 11 is 7.77. The van der Waals surface area contributed by atoms with Gasteiger partial charge in [-0.25, -0.2) is 18.1 Å². The van der Waals surface area contributed by atoms with Crippen molar-refractivity contribution in [2.45, 2.75) is 16.3 Å². The highest BCUT2D eigenvalue weighted by Gasteiger charge is 2.74. The van der Waals surface area contributed by atoms with Crippen LogP contribution in [0.15, 0.2) is 41.3 Å². The van der Waals surface area contributed by atoms with Gasteiger partial charge in [-0.05, 0) is 52.9 Å². The van der Waals surface area contributed by atoms with Crippen LogP contribution in [0.1, 0.15) is 5.56 Å². The van der Waals surface area contributed by atoms with E-state index in [-0.39, 0.29) is 35.4 Å². The number of imide groups is 1. The minimum absolute atomic E-state index is 0.00697. The summed E-state index contributed by atoms with van der Waals surface area (Å²) < 4.78 is 27.2. The standard InChI is InChI=1S/C20H14ClIN5O6S/c21-14-4-3-13(6-16(14)26(30)31)34(32,33)18-9-24-8-17-19(28)25(20(29)27(17,18)10-24)12-2-1-11(7-23)15(22)5-12/h1-6,17-18H,8-10H2/q+1. The van der Waals surface area contributed by atoms with Crippen LogP contribution in [0.4, 0.5) is 16.2 Å². The Balaban J connectivity index is 1.59. The lowest BCUT2D eigenvalue weighted by Gasteiger charge is -2.33. The summed E-state index contributed by atoms with van der Waals surface area (Å²) in [6, 6.07) is 8.13. The second kappa shape index (κ2) is 7.68. The highest BCUT2D eigenvalue weighted by Crippen LogP contribution is 2.46. The van der Waals surface area contributed by atoms with Gasteiger partial charge in [0.25, 0.3) is 11.6 Å². The van der Waals surface area contributed by atoms with Gasteiger partial charge in [-0.3, -0.25) is 14.9 Å². The highest BCUT2D eigenvalue weighted by atomic mass is 127. The predicted octanol–water partition coefficient (Wildman–Crippen LogP) is 2.46. The Morgan fingerprint density at radius 2 is 1.94 bits per heavy atom. The monoisotopic (exact) mass is 614 g/mol. The van der Waals surface area contributed by atoms with Crippen molar-refractivity contribution < 1.29 is 27.4 Å². The molecular formula is C20H14ClIN5O6S+. The molecule has 4 unspecified atom stereocenters. The van der Waals surface area contributed by atoms with E-state index in [0.29, 0.717) is 9.13 Å². The number of rotatable bonds is 4. The molecule has 4 atom stereocenters. The maximum absolute atomic E-state index is 13.8. The van der Waals surface area contributed by atoms with Crippen molar-refractivity contribution in [3.05, 3.63) is 60.7 Å². The zero-order valence-corrected chi connectivity index (χ0v) is 20.8. The minimum Gasteiger partial charge on any atom is -0.267 e. The number of carbonyl (C=O) groups excluding carboxylic acids is 2. The number of benzene rings is 2. The van der Waals surface area contributed by atoms with Gasteiger partial charge in [-0.1, -0.05) is 11.6 Å². The summed E-state index contributed by atoms with van der Waals surface area (Å²) in [5.41, 5.74) is 0.0838. The van der Waals surface area contributed by atoms with Crippen LogP contribution in [0, 0.1) is 25.0 Å². The third-order valence-electron chi connectivity index (χ3n) is 6.53. The second-order valence-electron chi connectivity index (χ2n) is 8.23. The topological polar surface area (TPSA) is 142 Å². The van der Waals surface area contributed by atoms with Gasteiger partial charge in [0.15, 0.2) is 6.04 Å². The number of nitro benzene ring substituents is 1. The number of urea groups is 1. The molecule has 3 amide bonds. The van der Waals surface area contributed by atoms with Gasteiger partial charge >= 0.3 is 6.03 Å². The number of nitrogens with zero attached hydrogens (tertiary/aromatic N) is 5. The molecule has 3 fully saturated rings. The Bertz CT molecular complexity index is 1460. The second-order valence-corrected chi connectivity index (χ2v) is 11.9. The summed E-state index contributed by atoms with van der Waals surface area (Å²) in [4.78, 5) is 40.0. The summed E-state index contributed by atoms with van der Waals surface area (Å²) in [7, 11) is -4.26. The van der Waals surface area contributed by atoms with Crippen LogP contribution >= 0.6 is 34.2 Å². The first kappa shape index (κ1) is 23.1. The molecule has 174 valence electrons. The zero-order chi connectivity index (χ0) is 24.6. The molecule has 2 bridgehead atoms. The van der Waals surface area contributed by atoms with Crippen LogP contribution in [0.2, 0.25) is 5.02 Å². The molecule has 14 heteroatoms. The molecular weight excluding hydrogens is 601 g/mol. The van der Waals surface area contributed by atoms with Crippen molar-refractivity contribution in [1.29, 1.82) is 5.26 Å². The zero-order valence-electron chi connectivity index (χ0n) is 17.1. The summed E-state index contributed by atoms with van der Waals surface area (Å²) in [6.07, 6.45) is 0. The van der Waals surface area contributed by atoms with E-state index < -0.39 is 48.3 Å². The van der Waals surface area contributed by atoms with E-state index in [0.717, 1.165) is 17.0 Å². The van der Waals surface area contributed by atoms with E-state index in [1.54, 1.807) is 4.90 Å². The number of sulfone groups is 1. The average molecular weight is 615 g/mol. The molecule has 1 spiro atoms. The Morgan fingerprint density at radius 1 is 1.21 bits per heavy atom. The molecule has 3 aliphatic rings. The third-order valence-corrected chi connectivity index (χ3v) is 9.90. The number of anilines is 1. The van der Waals surface area contributed by atoms with Crippen LogP contribution < -0.4 is 4.90 Å². The van der Waals surface area contributed by atoms with Gasteiger partial charge in [0.05, 0.1) is 34.2 Å². The molecule has 34 heavy (non-hydrogen) atoms. The van der Waals surface area contributed by atoms with Crippen molar-refractivity contribution in [2.24, 2.45) is 0 Å². The number of fused-ring (bicyclic) bond motifs is 1. The number of nitro groups is 1. The van der Waals surface area contributed by atoms with Crippen molar-refractivity contribution in [3.63, 3.8) is 0 Å². The van der Waals surface area contributed by atoms with E-state index in [2.05, 4.69) is 0 Å². The van der Waals surface area contributed by atoms with Gasteiger partial charge < -0.3 is 0 Å². The maximum atomic E-state index is 13.8. The number of piperazine rings is 1. The molecule has 3 aliphatic heterocycles. The van der Waals surface area contributed by atoms with Gasteiger partial charge in [-0.2, -0.15) is 14.6 Å². The molecule has 2 aromatic rings. The van der Waals surface area contributed by atoms with Crippen molar-refractivity contribution in [2.75, 3.05) is 24.7 Å². The van der Waals surface area contributed by atoms with E-state index >= 15 is 0 Å². The summed E-state index contributed by atoms with van der Waals surface area (Å²) in [5, 5.41) is 18.9. The number of halogens is 2. The van der Waals surface area contributed by atoms with E-state index in [1.165, 1.54) is 24.3 Å². The third kappa shape index (κ3) is 3.02. The van der Waals surface area contributed by atoms with Gasteiger partial charge in [0.2, 0.25) is 15.2 Å². The molecule has 5 rings (SSSR count). The molecule has 0 radical (unpaired) electrons. The smallest absolute Gasteiger partial charge is 0.267 e. The van der Waals surface area contributed by atoms with Gasteiger partial charge in [0.1, 0.15) is 17.8 Å². The first-order valence-corrected chi connectivity index (χ1v) is 12.9. The number of quaternary nitrogens is 1. The molecule has 0 saturated carbocycles. The predicted molar refractivity (Wildman–Crippen MR) is 126 cm³/mol. The van der Waals surface area contributed by atoms with Crippen LogP contribution in [-0.2, 0) is 14.6 Å². The number of carbonyl (C=O) groups is 2. The lowest BCUT2D eigenvalue weighted by molar-refractivity contribution is -0.848. The Labute approximate surface area is 211 Å². The fourth-order valence-electron chi connectivity index (χ4n) is 4.97. The summed E-state index contributed by atoms with van der Waals surface area (Å²) in [5.74, 6) is -0.519. The summed E-state index contributed by atoms with van der Waals surface area (Å²) in [6.45, 7) is 0.271. The van der Waals surface area contributed by atoms with Crippen molar-refractivity contribution >= 4 is 67.3 Å². The van der Waals surface area contributed by atoms with Crippen LogP contribution in [0.5, 0.6) is 0 Å². The van der Waals surface area contributed by atoms with Gasteiger partial charge in [0, 0.05) is 9.64 Å². The normalized spacial score (nSPS) is 27.7. The fraction of sp³-hybridized carbons (Fsp3) is 0.250. The van der Waals surface area contributed by atoms with E-state index in [9.17, 15) is 28.1 Å². The first-order chi connectivity index (χ1) is 16.0. The lowest BCUT2D eigenvalue weighted by atomic mass is 10.2. The quantitative estimate of drug-likeness (QED) is 0.168. The largest absolute Gasteiger partial charge is 0.433 e. The van der Waals surface area contributed by atoms with Crippen LogP contribution in [0.25, 0.3) is 0 Å². The lowest BCUT2D eigenvalue weighted by Crippen LogP contribution is -2.62. The van der Waals surface area contributed by atoms with Crippen molar-refractivity contribution in [1.82, 2.24) is 4.90 Å². The molecule has 0 aliphatic carbocycles. The molecule has 11 nitrogen and oxygen atoms in total. The SMILES string of the molecule is N#Cc1ccc(N2C(=O)C3CN4CC(S(=O)(=O)c5ccc(Cl)c([N+](=O)[O-])c5)[N+]3(C4)C2=O)cc1I. The molecule has 3 saturated heterocycles. The number of hydrogen-bond acceptors (Lipinski definition) is 8. The fourth-order valence-corrected chi connectivity index (χ4v) is 7.83. The number of hydrogen-bond donors (Lipinski definition) is 0. The number of amides is 3. The average Bonchev–Trinajstić information content (AvgIpc) is 3.42. The number of nitriles is 1. The Kier molecular flexibility index (Phi) is 5.22. The minimum atomic E-state index is -4.26. The molecule has 3 heterocycles. The maximum Gasteiger partial charge on any atom is 0.433 e. The van der Waals surface area contributed by atoms with Crippen LogP contribution in [0.3, 0.4) is 0 Å². The molecule has 0 N–H and O–H groups in total. The van der Waals surface area contributed by atoms with Crippen molar-refractivity contribution in [3.8, 4) is 6.07 Å². The molecule has 0 aromatic heterocycles. The van der Waals surface area contributed by atoms with E-state index in [1.807, 2.05) is 28.7 Å². The molecule has 2 aromatic carbocycles. The first-order valence-electron chi connectivity index (χ1n) is 9.88. The highest BCUT2D eigenvalue weighted by molar-refractivity contribution is 14.1. The van der Waals surface area contributed by atoms with E-state index in [4.69, 9.17) is 16.9 Å². The van der Waals surface area contributed by atoms with Crippen LogP contribution in [-0.4, -0.2) is 65.8 Å².